The number of Topliss-reactive ketones (excluding diaryl/α,β-unsaturated/α-hetero) is 2. The van der Waals surface area contributed by atoms with Crippen molar-refractivity contribution in [2.45, 2.75) is 91.3 Å². The molecule has 6 rings (SSSR count). The monoisotopic (exact) mass is 822 g/mol. The van der Waals surface area contributed by atoms with Gasteiger partial charge in [-0.25, -0.2) is 8.78 Å². The highest BCUT2D eigenvalue weighted by atomic mass is 19.1. The first-order valence-electron chi connectivity index (χ1n) is 21.0. The van der Waals surface area contributed by atoms with E-state index in [1.807, 2.05) is 113 Å². The van der Waals surface area contributed by atoms with E-state index >= 15 is 8.78 Å². The van der Waals surface area contributed by atoms with Crippen molar-refractivity contribution in [3.8, 4) is 23.0 Å². The van der Waals surface area contributed by atoms with Crippen molar-refractivity contribution in [3.05, 3.63) is 191 Å². The van der Waals surface area contributed by atoms with Gasteiger partial charge >= 0.3 is 0 Å². The van der Waals surface area contributed by atoms with Gasteiger partial charge in [-0.15, -0.1) is 0 Å². The largest absolute Gasteiger partial charge is 0.454 e. The highest BCUT2D eigenvalue weighted by Gasteiger charge is 2.40. The first-order valence-corrected chi connectivity index (χ1v) is 21.0. The molecule has 0 amide bonds. The summed E-state index contributed by atoms with van der Waals surface area (Å²) in [5, 5.41) is 0. The van der Waals surface area contributed by atoms with E-state index < -0.39 is 34.7 Å². The molecular formula is C54H56F2O5. The molecule has 0 saturated heterocycles. The highest BCUT2D eigenvalue weighted by molar-refractivity contribution is 5.98. The number of benzene rings is 6. The average Bonchev–Trinajstić information content (AvgIpc) is 3.25. The van der Waals surface area contributed by atoms with Crippen molar-refractivity contribution in [2.24, 2.45) is 11.8 Å². The van der Waals surface area contributed by atoms with Gasteiger partial charge in [-0.05, 0) is 83.6 Å². The van der Waals surface area contributed by atoms with Crippen LogP contribution in [0.5, 0.6) is 23.0 Å². The van der Waals surface area contributed by atoms with Gasteiger partial charge in [0, 0.05) is 33.8 Å². The number of rotatable bonds is 18. The van der Waals surface area contributed by atoms with Gasteiger partial charge in [-0.2, -0.15) is 0 Å². The van der Waals surface area contributed by atoms with Crippen LogP contribution in [-0.2, 0) is 28.4 Å². The van der Waals surface area contributed by atoms with Gasteiger partial charge in [0.05, 0.1) is 12.2 Å². The molecule has 0 N–H and O–H groups in total. The van der Waals surface area contributed by atoms with Crippen LogP contribution in [0.1, 0.15) is 98.4 Å². The summed E-state index contributed by atoms with van der Waals surface area (Å²) in [7, 11) is 0. The third-order valence-corrected chi connectivity index (χ3v) is 11.6. The van der Waals surface area contributed by atoms with Gasteiger partial charge in [0.15, 0.2) is 34.7 Å². The van der Waals surface area contributed by atoms with Crippen molar-refractivity contribution >= 4 is 11.6 Å². The zero-order chi connectivity index (χ0) is 43.9. The van der Waals surface area contributed by atoms with Crippen molar-refractivity contribution in [3.63, 3.8) is 0 Å². The molecule has 0 fully saturated rings. The van der Waals surface area contributed by atoms with Crippen LogP contribution >= 0.6 is 0 Å². The van der Waals surface area contributed by atoms with E-state index in [-0.39, 0.29) is 34.9 Å². The summed E-state index contributed by atoms with van der Waals surface area (Å²) in [5.41, 5.74) is 3.44. The molecule has 5 nitrogen and oxygen atoms in total. The summed E-state index contributed by atoms with van der Waals surface area (Å²) < 4.78 is 50.2. The summed E-state index contributed by atoms with van der Waals surface area (Å²) in [6.07, 6.45) is -0.321. The van der Waals surface area contributed by atoms with Crippen molar-refractivity contribution in [1.82, 2.24) is 0 Å². The van der Waals surface area contributed by atoms with E-state index in [0.29, 0.717) is 35.5 Å². The smallest absolute Gasteiger partial charge is 0.165 e. The zero-order valence-corrected chi connectivity index (χ0v) is 36.4. The van der Waals surface area contributed by atoms with E-state index in [2.05, 4.69) is 27.7 Å². The molecular weight excluding hydrogens is 767 g/mol. The summed E-state index contributed by atoms with van der Waals surface area (Å²) in [5.74, 6) is 0.0817. The quantitative estimate of drug-likeness (QED) is 0.0808. The molecule has 0 spiro atoms. The number of carbonyl (C=O) groups is 2. The maximum absolute atomic E-state index is 15.3. The fraction of sp³-hybridized carbons (Fsp3) is 0.296. The summed E-state index contributed by atoms with van der Waals surface area (Å²) in [6, 6.07) is 43.4. The maximum atomic E-state index is 15.3. The van der Waals surface area contributed by atoms with Crippen LogP contribution in [0.15, 0.2) is 146 Å². The van der Waals surface area contributed by atoms with Gasteiger partial charge < -0.3 is 14.2 Å². The van der Waals surface area contributed by atoms with Crippen LogP contribution in [0.3, 0.4) is 0 Å². The first-order chi connectivity index (χ1) is 29.0. The van der Waals surface area contributed by atoms with Crippen LogP contribution in [-0.4, -0.2) is 23.8 Å². The van der Waals surface area contributed by atoms with Crippen molar-refractivity contribution in [2.75, 3.05) is 0 Å². The van der Waals surface area contributed by atoms with Crippen LogP contribution in [0, 0.1) is 23.5 Å². The van der Waals surface area contributed by atoms with E-state index in [1.54, 1.807) is 48.5 Å². The standard InChI is InChI=1S/C54H56F2O5/c1-35(2)51(57)39-21-25-41(26-22-39)53(5,6)49(33-37-19-29-45(55)47(31-37)59-43-15-11-9-12-16-43)61-50(54(7,8)42-27-23-40(24-28-42)52(58)36(3)4)34-38-20-30-46(56)48(32-38)60-44-17-13-10-14-18-44/h9-32,35-36,49-50H,33-34H2,1-8H3. The topological polar surface area (TPSA) is 61.8 Å². The van der Waals surface area contributed by atoms with Gasteiger partial charge in [-0.3, -0.25) is 9.59 Å². The number of hydrogen-bond acceptors (Lipinski definition) is 5. The number of halogens is 2. The summed E-state index contributed by atoms with van der Waals surface area (Å²) >= 11 is 0. The summed E-state index contributed by atoms with van der Waals surface area (Å²) in [4.78, 5) is 25.9. The molecule has 6 aromatic rings. The predicted octanol–water partition coefficient (Wildman–Crippen LogP) is 13.7. The van der Waals surface area contributed by atoms with Crippen LogP contribution in [0.2, 0.25) is 0 Å². The van der Waals surface area contributed by atoms with E-state index in [1.165, 1.54) is 12.1 Å². The molecule has 0 radical (unpaired) electrons. The molecule has 7 heteroatoms. The number of ether oxygens (including phenoxy) is 3. The zero-order valence-electron chi connectivity index (χ0n) is 36.4. The molecule has 0 heterocycles. The molecule has 0 aromatic heterocycles. The lowest BCUT2D eigenvalue weighted by Gasteiger charge is -2.43. The Morgan fingerprint density at radius 3 is 1.16 bits per heavy atom. The van der Waals surface area contributed by atoms with E-state index in [0.717, 1.165) is 22.3 Å². The van der Waals surface area contributed by atoms with Crippen LogP contribution in [0.25, 0.3) is 0 Å². The summed E-state index contributed by atoms with van der Waals surface area (Å²) in [6.45, 7) is 16.0. The predicted molar refractivity (Wildman–Crippen MR) is 239 cm³/mol. The normalized spacial score (nSPS) is 12.9. The maximum Gasteiger partial charge on any atom is 0.165 e. The third kappa shape index (κ3) is 10.9. The Balaban J connectivity index is 1.44. The number of carbonyl (C=O) groups excluding carboxylic acids is 2. The van der Waals surface area contributed by atoms with Gasteiger partial charge in [0.25, 0.3) is 0 Å². The first kappa shape index (κ1) is 44.6. The molecule has 0 aliphatic carbocycles. The van der Waals surface area contributed by atoms with Gasteiger partial charge in [-0.1, -0.05) is 152 Å². The van der Waals surface area contributed by atoms with Crippen LogP contribution in [0.4, 0.5) is 8.78 Å². The molecule has 6 aromatic carbocycles. The third-order valence-electron chi connectivity index (χ3n) is 11.6. The number of para-hydroxylation sites is 2. The Kier molecular flexibility index (Phi) is 14.0. The number of hydrogen-bond donors (Lipinski definition) is 0. The van der Waals surface area contributed by atoms with Crippen molar-refractivity contribution < 1.29 is 32.6 Å². The number of ketones is 2. The van der Waals surface area contributed by atoms with E-state index in [9.17, 15) is 9.59 Å². The lowest BCUT2D eigenvalue weighted by molar-refractivity contribution is -0.0753. The highest BCUT2D eigenvalue weighted by Crippen LogP contribution is 2.40. The minimum atomic E-state index is -0.666. The Morgan fingerprint density at radius 1 is 0.492 bits per heavy atom. The Labute approximate surface area is 359 Å². The minimum Gasteiger partial charge on any atom is -0.454 e. The molecule has 0 bridgehead atoms. The van der Waals surface area contributed by atoms with E-state index in [4.69, 9.17) is 14.2 Å². The Hall–Kier alpha value is -5.92. The van der Waals surface area contributed by atoms with Crippen LogP contribution < -0.4 is 9.47 Å². The van der Waals surface area contributed by atoms with Gasteiger partial charge in [0.1, 0.15) is 11.5 Å². The molecule has 2 unspecified atom stereocenters. The lowest BCUT2D eigenvalue weighted by atomic mass is 9.74. The molecule has 61 heavy (non-hydrogen) atoms. The Bertz CT molecular complexity index is 2230. The fourth-order valence-electron chi connectivity index (χ4n) is 7.48. The molecule has 2 atom stereocenters. The average molecular weight is 823 g/mol. The molecule has 0 aliphatic heterocycles. The van der Waals surface area contributed by atoms with Gasteiger partial charge in [0.2, 0.25) is 0 Å². The fourth-order valence-corrected chi connectivity index (χ4v) is 7.48. The Morgan fingerprint density at radius 2 is 0.836 bits per heavy atom. The van der Waals surface area contributed by atoms with Crippen molar-refractivity contribution in [1.29, 1.82) is 0 Å². The molecule has 0 saturated carbocycles. The second kappa shape index (κ2) is 19.2. The second-order valence-electron chi connectivity index (χ2n) is 17.5. The molecule has 316 valence electrons. The SMILES string of the molecule is CC(C)C(=O)c1ccc(C(C)(C)C(Cc2ccc(F)c(Oc3ccccc3)c2)OC(Cc2ccc(F)c(Oc3ccccc3)c2)C(C)(C)c2ccc(C(=O)C(C)C)cc2)cc1. The molecule has 0 aliphatic rings. The lowest BCUT2D eigenvalue weighted by Crippen LogP contribution is -2.46. The minimum absolute atomic E-state index is 0.0623. The second-order valence-corrected chi connectivity index (χ2v) is 17.5.